The second kappa shape index (κ2) is 6.84. The minimum Gasteiger partial charge on any atom is -0.490 e. The molecule has 6 heteroatoms. The first kappa shape index (κ1) is 14.2. The first-order valence-corrected chi connectivity index (χ1v) is 7.80. The van der Waals surface area contributed by atoms with E-state index < -0.39 is 0 Å². The van der Waals surface area contributed by atoms with Gasteiger partial charge in [0.15, 0.2) is 11.6 Å². The lowest BCUT2D eigenvalue weighted by molar-refractivity contribution is 0.412. The molecule has 1 aliphatic rings. The van der Waals surface area contributed by atoms with E-state index in [2.05, 4.69) is 34.0 Å². The summed E-state index contributed by atoms with van der Waals surface area (Å²) in [5.74, 6) is 3.59. The number of nitrogens with zero attached hydrogens (tertiary/aromatic N) is 3. The molecule has 0 amide bonds. The maximum absolute atomic E-state index is 5.53. The van der Waals surface area contributed by atoms with Crippen molar-refractivity contribution < 1.29 is 4.74 Å². The molecule has 1 aromatic rings. The summed E-state index contributed by atoms with van der Waals surface area (Å²) in [4.78, 5) is 11.0. The molecule has 1 N–H and O–H groups in total. The first-order chi connectivity index (χ1) is 9.26. The topological polar surface area (TPSA) is 50.3 Å². The zero-order chi connectivity index (χ0) is 13.7. The van der Waals surface area contributed by atoms with Crippen LogP contribution in [-0.2, 0) is 0 Å². The molecule has 1 unspecified atom stereocenters. The molecule has 0 aliphatic carbocycles. The zero-order valence-corrected chi connectivity index (χ0v) is 12.7. The Bertz CT molecular complexity index is 416. The van der Waals surface area contributed by atoms with Gasteiger partial charge >= 0.3 is 0 Å². The lowest BCUT2D eigenvalue weighted by atomic mass is 10.3. The molecule has 5 nitrogen and oxygen atoms in total. The van der Waals surface area contributed by atoms with E-state index in [-0.39, 0.29) is 0 Å². The van der Waals surface area contributed by atoms with E-state index in [1.165, 1.54) is 0 Å². The van der Waals surface area contributed by atoms with Crippen molar-refractivity contribution in [1.82, 2.24) is 9.97 Å². The highest BCUT2D eigenvalue weighted by molar-refractivity contribution is 8.00. The summed E-state index contributed by atoms with van der Waals surface area (Å²) >= 11 is 2.01. The van der Waals surface area contributed by atoms with Gasteiger partial charge in [-0.2, -0.15) is 11.8 Å². The van der Waals surface area contributed by atoms with E-state index in [9.17, 15) is 0 Å². The van der Waals surface area contributed by atoms with Crippen LogP contribution in [0.3, 0.4) is 0 Å². The van der Waals surface area contributed by atoms with Crippen molar-refractivity contribution in [3.8, 4) is 5.75 Å². The second-order valence-corrected chi connectivity index (χ2v) is 6.18. The van der Waals surface area contributed by atoms with Gasteiger partial charge in [0, 0.05) is 30.6 Å². The van der Waals surface area contributed by atoms with Crippen LogP contribution in [0.5, 0.6) is 5.75 Å². The van der Waals surface area contributed by atoms with Gasteiger partial charge in [-0.1, -0.05) is 13.8 Å². The van der Waals surface area contributed by atoms with Crippen LogP contribution >= 0.6 is 11.8 Å². The number of thioether (sulfide) groups is 1. The summed E-state index contributed by atoms with van der Waals surface area (Å²) in [5.41, 5.74) is 0. The molecular formula is C13H22N4OS. The van der Waals surface area contributed by atoms with Crippen LogP contribution < -0.4 is 15.0 Å². The van der Waals surface area contributed by atoms with Crippen molar-refractivity contribution in [3.05, 3.63) is 6.33 Å². The van der Waals surface area contributed by atoms with Crippen molar-refractivity contribution in [1.29, 1.82) is 0 Å². The van der Waals surface area contributed by atoms with Gasteiger partial charge in [-0.15, -0.1) is 0 Å². The van der Waals surface area contributed by atoms with Crippen LogP contribution in [0.15, 0.2) is 6.33 Å². The normalized spacial score (nSPS) is 19.3. The SMILES string of the molecule is CCCNc1ncnc(N2CCSC(C)C2)c1OC. The van der Waals surface area contributed by atoms with E-state index in [0.717, 1.165) is 49.2 Å². The quantitative estimate of drug-likeness (QED) is 0.894. The smallest absolute Gasteiger partial charge is 0.204 e. The fourth-order valence-electron chi connectivity index (χ4n) is 2.16. The molecule has 19 heavy (non-hydrogen) atoms. The van der Waals surface area contributed by atoms with Crippen LogP contribution in [0.2, 0.25) is 0 Å². The molecular weight excluding hydrogens is 260 g/mol. The third-order valence-corrected chi connectivity index (χ3v) is 4.21. The summed E-state index contributed by atoms with van der Waals surface area (Å²) in [6, 6.07) is 0. The highest BCUT2D eigenvalue weighted by Gasteiger charge is 2.23. The Morgan fingerprint density at radius 1 is 1.53 bits per heavy atom. The molecule has 0 radical (unpaired) electrons. The Labute approximate surface area is 119 Å². The van der Waals surface area contributed by atoms with E-state index >= 15 is 0 Å². The monoisotopic (exact) mass is 282 g/mol. The Balaban J connectivity index is 2.23. The molecule has 2 rings (SSSR count). The van der Waals surface area contributed by atoms with Gasteiger partial charge in [0.2, 0.25) is 5.75 Å². The predicted molar refractivity (Wildman–Crippen MR) is 81.5 cm³/mol. The largest absolute Gasteiger partial charge is 0.490 e. The number of hydrogen-bond acceptors (Lipinski definition) is 6. The highest BCUT2D eigenvalue weighted by Crippen LogP contribution is 2.34. The molecule has 0 spiro atoms. The summed E-state index contributed by atoms with van der Waals surface area (Å²) in [7, 11) is 1.68. The highest BCUT2D eigenvalue weighted by atomic mass is 32.2. The zero-order valence-electron chi connectivity index (χ0n) is 11.8. The van der Waals surface area contributed by atoms with Gasteiger partial charge < -0.3 is 15.0 Å². The first-order valence-electron chi connectivity index (χ1n) is 6.75. The van der Waals surface area contributed by atoms with Crippen LogP contribution in [0.1, 0.15) is 20.3 Å². The van der Waals surface area contributed by atoms with Crippen LogP contribution in [-0.4, -0.2) is 47.7 Å². The summed E-state index contributed by atoms with van der Waals surface area (Å²) in [6.07, 6.45) is 2.67. The number of aromatic nitrogens is 2. The van der Waals surface area contributed by atoms with Gasteiger partial charge in [-0.05, 0) is 6.42 Å². The standard InChI is InChI=1S/C13H22N4OS/c1-4-5-14-12-11(18-3)13(16-9-15-12)17-6-7-19-10(2)8-17/h9-10H,4-8H2,1-3H3,(H,14,15,16). The van der Waals surface area contributed by atoms with Gasteiger partial charge in [0.05, 0.1) is 7.11 Å². The number of rotatable bonds is 5. The Hall–Kier alpha value is -1.17. The Kier molecular flexibility index (Phi) is 5.13. The van der Waals surface area contributed by atoms with Gasteiger partial charge in [-0.3, -0.25) is 0 Å². The van der Waals surface area contributed by atoms with E-state index in [4.69, 9.17) is 4.74 Å². The number of anilines is 2. The maximum Gasteiger partial charge on any atom is 0.204 e. The average Bonchev–Trinajstić information content (AvgIpc) is 2.44. The molecule has 1 saturated heterocycles. The van der Waals surface area contributed by atoms with Gasteiger partial charge in [0.1, 0.15) is 6.33 Å². The molecule has 1 aliphatic heterocycles. The van der Waals surface area contributed by atoms with Gasteiger partial charge in [-0.25, -0.2) is 9.97 Å². The molecule has 2 heterocycles. The lowest BCUT2D eigenvalue weighted by Crippen LogP contribution is -2.37. The molecule has 1 fully saturated rings. The van der Waals surface area contributed by atoms with Crippen LogP contribution in [0.25, 0.3) is 0 Å². The Morgan fingerprint density at radius 2 is 2.37 bits per heavy atom. The summed E-state index contributed by atoms with van der Waals surface area (Å²) in [5, 5.41) is 3.92. The minimum atomic E-state index is 0.625. The van der Waals surface area contributed by atoms with Crippen molar-refractivity contribution in [2.45, 2.75) is 25.5 Å². The number of hydrogen-bond donors (Lipinski definition) is 1. The van der Waals surface area contributed by atoms with E-state index in [1.807, 2.05) is 11.8 Å². The minimum absolute atomic E-state index is 0.625. The number of ether oxygens (including phenoxy) is 1. The Morgan fingerprint density at radius 3 is 3.05 bits per heavy atom. The maximum atomic E-state index is 5.53. The fourth-order valence-corrected chi connectivity index (χ4v) is 3.17. The molecule has 0 saturated carbocycles. The summed E-state index contributed by atoms with van der Waals surface area (Å²) in [6.45, 7) is 7.28. The fraction of sp³-hybridized carbons (Fsp3) is 0.692. The van der Waals surface area contributed by atoms with E-state index in [0.29, 0.717) is 5.25 Å². The molecule has 0 aromatic carbocycles. The molecule has 1 atom stereocenters. The summed E-state index contributed by atoms with van der Waals surface area (Å²) < 4.78 is 5.53. The van der Waals surface area contributed by atoms with Gasteiger partial charge in [0.25, 0.3) is 0 Å². The van der Waals surface area contributed by atoms with Crippen LogP contribution in [0.4, 0.5) is 11.6 Å². The lowest BCUT2D eigenvalue weighted by Gasteiger charge is -2.32. The number of methoxy groups -OCH3 is 1. The van der Waals surface area contributed by atoms with Crippen molar-refractivity contribution in [3.63, 3.8) is 0 Å². The van der Waals surface area contributed by atoms with E-state index in [1.54, 1.807) is 13.4 Å². The molecule has 1 aromatic heterocycles. The predicted octanol–water partition coefficient (Wildman–Crippen LogP) is 2.25. The van der Waals surface area contributed by atoms with Crippen molar-refractivity contribution in [2.75, 3.05) is 42.7 Å². The van der Waals surface area contributed by atoms with Crippen molar-refractivity contribution in [2.24, 2.45) is 0 Å². The average molecular weight is 282 g/mol. The number of nitrogens with one attached hydrogen (secondary N) is 1. The second-order valence-electron chi connectivity index (χ2n) is 4.63. The van der Waals surface area contributed by atoms with Crippen LogP contribution in [0, 0.1) is 0 Å². The van der Waals surface area contributed by atoms with Crippen molar-refractivity contribution >= 4 is 23.4 Å². The molecule has 0 bridgehead atoms. The third kappa shape index (κ3) is 3.43. The third-order valence-electron chi connectivity index (χ3n) is 3.07. The molecule has 106 valence electrons.